The van der Waals surface area contributed by atoms with Crippen molar-refractivity contribution in [3.63, 3.8) is 0 Å². The highest BCUT2D eigenvalue weighted by molar-refractivity contribution is 5.99. The Hall–Kier alpha value is -3.55. The standard InChI is InChI=1S/C31H45N3O5/c1-9-10-11-12-19-34(29(36)23(4)32-30(37)39-31(5,6)7)27(26-18-13-21(2)20-22(26)3)28(35)33-24-14-16-25(38-8)17-15-24/h13-18,20,23,27H,9-12,19H2,1-8H3,(H,32,37)(H,33,35). The van der Waals surface area contributed by atoms with Crippen molar-refractivity contribution in [1.82, 2.24) is 10.2 Å². The van der Waals surface area contributed by atoms with E-state index in [1.54, 1.807) is 64.0 Å². The molecule has 3 amide bonds. The number of nitrogens with one attached hydrogen (secondary N) is 2. The number of hydrogen-bond donors (Lipinski definition) is 2. The normalized spacial score (nSPS) is 12.7. The first-order valence-corrected chi connectivity index (χ1v) is 13.7. The summed E-state index contributed by atoms with van der Waals surface area (Å²) >= 11 is 0. The third kappa shape index (κ3) is 9.93. The highest BCUT2D eigenvalue weighted by Gasteiger charge is 2.35. The molecule has 2 atom stereocenters. The average molecular weight is 540 g/mol. The van der Waals surface area contributed by atoms with E-state index in [1.807, 2.05) is 32.0 Å². The van der Waals surface area contributed by atoms with E-state index >= 15 is 0 Å². The Morgan fingerprint density at radius 1 is 0.974 bits per heavy atom. The highest BCUT2D eigenvalue weighted by atomic mass is 16.6. The predicted molar refractivity (Wildman–Crippen MR) is 155 cm³/mol. The van der Waals surface area contributed by atoms with Crippen LogP contribution in [-0.4, -0.2) is 48.1 Å². The molecule has 8 heteroatoms. The third-order valence-electron chi connectivity index (χ3n) is 6.28. The van der Waals surface area contributed by atoms with E-state index in [0.717, 1.165) is 42.4 Å². The van der Waals surface area contributed by atoms with Crippen LogP contribution in [0.3, 0.4) is 0 Å². The summed E-state index contributed by atoms with van der Waals surface area (Å²) in [6.07, 6.45) is 3.05. The number of ether oxygens (including phenoxy) is 2. The van der Waals surface area contributed by atoms with Gasteiger partial charge in [0.25, 0.3) is 5.91 Å². The second kappa shape index (κ2) is 14.6. The molecule has 8 nitrogen and oxygen atoms in total. The molecule has 0 saturated heterocycles. The quantitative estimate of drug-likeness (QED) is 0.308. The van der Waals surface area contributed by atoms with Gasteiger partial charge in [-0.3, -0.25) is 9.59 Å². The van der Waals surface area contributed by atoms with Gasteiger partial charge in [-0.1, -0.05) is 49.9 Å². The van der Waals surface area contributed by atoms with E-state index in [-0.39, 0.29) is 11.8 Å². The SMILES string of the molecule is CCCCCCN(C(=O)C(C)NC(=O)OC(C)(C)C)C(C(=O)Nc1ccc(OC)cc1)c1ccc(C)cc1C. The van der Waals surface area contributed by atoms with Gasteiger partial charge in [0.05, 0.1) is 7.11 Å². The van der Waals surface area contributed by atoms with Crippen LogP contribution in [0.25, 0.3) is 0 Å². The maximum atomic E-state index is 13.9. The summed E-state index contributed by atoms with van der Waals surface area (Å²) in [6, 6.07) is 11.1. The molecule has 0 heterocycles. The fourth-order valence-electron chi connectivity index (χ4n) is 4.34. The number of amides is 3. The Kier molecular flexibility index (Phi) is 11.8. The Labute approximate surface area is 233 Å². The van der Waals surface area contributed by atoms with E-state index in [0.29, 0.717) is 18.0 Å². The second-order valence-electron chi connectivity index (χ2n) is 10.9. The monoisotopic (exact) mass is 539 g/mol. The Balaban J connectivity index is 2.46. The number of carbonyl (C=O) groups excluding carboxylic acids is 3. The zero-order valence-corrected chi connectivity index (χ0v) is 24.7. The van der Waals surface area contributed by atoms with Gasteiger partial charge in [-0.05, 0) is 83.4 Å². The molecule has 2 N–H and O–H groups in total. The summed E-state index contributed by atoms with van der Waals surface area (Å²) in [4.78, 5) is 41.9. The van der Waals surface area contributed by atoms with Gasteiger partial charge in [0.2, 0.25) is 5.91 Å². The molecule has 2 aromatic carbocycles. The van der Waals surface area contributed by atoms with E-state index in [2.05, 4.69) is 17.6 Å². The number of unbranched alkanes of at least 4 members (excludes halogenated alkanes) is 3. The first kappa shape index (κ1) is 31.7. The van der Waals surface area contributed by atoms with Gasteiger partial charge in [0.15, 0.2) is 0 Å². The summed E-state index contributed by atoms with van der Waals surface area (Å²) in [5.74, 6) is -0.0126. The van der Waals surface area contributed by atoms with Crippen molar-refractivity contribution >= 4 is 23.6 Å². The lowest BCUT2D eigenvalue weighted by molar-refractivity contribution is -0.140. The van der Waals surface area contributed by atoms with Crippen molar-refractivity contribution in [3.8, 4) is 5.75 Å². The summed E-state index contributed by atoms with van der Waals surface area (Å²) in [5, 5.41) is 5.63. The number of hydrogen-bond acceptors (Lipinski definition) is 5. The van der Waals surface area contributed by atoms with Crippen LogP contribution in [0.1, 0.15) is 83.0 Å². The molecule has 0 radical (unpaired) electrons. The summed E-state index contributed by atoms with van der Waals surface area (Å²) in [6.45, 7) is 13.3. The smallest absolute Gasteiger partial charge is 0.408 e. The number of anilines is 1. The largest absolute Gasteiger partial charge is 0.497 e. The Morgan fingerprint density at radius 3 is 2.21 bits per heavy atom. The molecule has 0 aliphatic heterocycles. The van der Waals surface area contributed by atoms with Crippen molar-refractivity contribution < 1.29 is 23.9 Å². The lowest BCUT2D eigenvalue weighted by atomic mass is 9.96. The molecular weight excluding hydrogens is 494 g/mol. The van der Waals surface area contributed by atoms with Crippen LogP contribution in [0.4, 0.5) is 10.5 Å². The minimum atomic E-state index is -0.898. The first-order valence-electron chi connectivity index (χ1n) is 13.7. The molecule has 214 valence electrons. The van der Waals surface area contributed by atoms with Crippen LogP contribution < -0.4 is 15.4 Å². The number of rotatable bonds is 12. The average Bonchev–Trinajstić information content (AvgIpc) is 2.85. The molecular formula is C31H45N3O5. The first-order chi connectivity index (χ1) is 18.4. The van der Waals surface area contributed by atoms with Crippen LogP contribution in [-0.2, 0) is 14.3 Å². The number of benzene rings is 2. The molecule has 2 rings (SSSR count). The number of nitrogens with zero attached hydrogens (tertiary/aromatic N) is 1. The fourth-order valence-corrected chi connectivity index (χ4v) is 4.34. The Morgan fingerprint density at radius 2 is 1.64 bits per heavy atom. The van der Waals surface area contributed by atoms with E-state index < -0.39 is 23.8 Å². The summed E-state index contributed by atoms with van der Waals surface area (Å²) < 4.78 is 10.6. The fraction of sp³-hybridized carbons (Fsp3) is 0.516. The van der Waals surface area contributed by atoms with Gasteiger partial charge < -0.3 is 25.0 Å². The zero-order chi connectivity index (χ0) is 29.2. The van der Waals surface area contributed by atoms with Crippen LogP contribution >= 0.6 is 0 Å². The van der Waals surface area contributed by atoms with Crippen molar-refractivity contribution in [2.45, 2.75) is 91.8 Å². The molecule has 2 aromatic rings. The van der Waals surface area contributed by atoms with Crippen LogP contribution in [0.2, 0.25) is 0 Å². The molecule has 2 unspecified atom stereocenters. The van der Waals surface area contributed by atoms with Crippen molar-refractivity contribution in [1.29, 1.82) is 0 Å². The summed E-state index contributed by atoms with van der Waals surface area (Å²) in [7, 11) is 1.58. The van der Waals surface area contributed by atoms with Gasteiger partial charge in [-0.15, -0.1) is 0 Å². The molecule has 0 aliphatic carbocycles. The molecule has 0 bridgehead atoms. The molecule has 39 heavy (non-hydrogen) atoms. The van der Waals surface area contributed by atoms with Crippen molar-refractivity contribution in [3.05, 3.63) is 59.2 Å². The van der Waals surface area contributed by atoms with Gasteiger partial charge in [-0.2, -0.15) is 0 Å². The number of carbonyl (C=O) groups is 3. The molecule has 0 fully saturated rings. The van der Waals surface area contributed by atoms with Gasteiger partial charge in [-0.25, -0.2) is 4.79 Å². The van der Waals surface area contributed by atoms with Gasteiger partial charge in [0.1, 0.15) is 23.4 Å². The maximum absolute atomic E-state index is 13.9. The van der Waals surface area contributed by atoms with Gasteiger partial charge >= 0.3 is 6.09 Å². The topological polar surface area (TPSA) is 97.0 Å². The van der Waals surface area contributed by atoms with E-state index in [9.17, 15) is 14.4 Å². The van der Waals surface area contributed by atoms with Crippen LogP contribution in [0.5, 0.6) is 5.75 Å². The van der Waals surface area contributed by atoms with Crippen molar-refractivity contribution in [2.24, 2.45) is 0 Å². The highest BCUT2D eigenvalue weighted by Crippen LogP contribution is 2.29. The molecule has 0 spiro atoms. The zero-order valence-electron chi connectivity index (χ0n) is 24.7. The van der Waals surface area contributed by atoms with E-state index in [1.165, 1.54) is 0 Å². The Bertz CT molecular complexity index is 1110. The molecule has 0 aliphatic rings. The predicted octanol–water partition coefficient (Wildman–Crippen LogP) is 6.31. The number of alkyl carbamates (subject to hydrolysis) is 1. The molecule has 0 aromatic heterocycles. The van der Waals surface area contributed by atoms with Crippen LogP contribution in [0, 0.1) is 13.8 Å². The van der Waals surface area contributed by atoms with Gasteiger partial charge in [0, 0.05) is 12.2 Å². The maximum Gasteiger partial charge on any atom is 0.408 e. The lowest BCUT2D eigenvalue weighted by Crippen LogP contribution is -2.51. The van der Waals surface area contributed by atoms with Crippen molar-refractivity contribution in [2.75, 3.05) is 19.0 Å². The number of aryl methyl sites for hydroxylation is 2. The third-order valence-corrected chi connectivity index (χ3v) is 6.28. The lowest BCUT2D eigenvalue weighted by Gasteiger charge is -2.34. The minimum Gasteiger partial charge on any atom is -0.497 e. The van der Waals surface area contributed by atoms with E-state index in [4.69, 9.17) is 9.47 Å². The summed E-state index contributed by atoms with van der Waals surface area (Å²) in [5.41, 5.74) is 2.59. The molecule has 0 saturated carbocycles. The second-order valence-corrected chi connectivity index (χ2v) is 10.9. The minimum absolute atomic E-state index is 0.333. The number of methoxy groups -OCH3 is 1. The van der Waals surface area contributed by atoms with Crippen LogP contribution in [0.15, 0.2) is 42.5 Å².